The first-order chi connectivity index (χ1) is 9.77. The van der Waals surface area contributed by atoms with Crippen LogP contribution in [0.5, 0.6) is 5.75 Å². The van der Waals surface area contributed by atoms with E-state index in [1.54, 1.807) is 0 Å². The van der Waals surface area contributed by atoms with E-state index in [0.717, 1.165) is 18.9 Å². The maximum atomic E-state index is 12.2. The second-order valence-corrected chi connectivity index (χ2v) is 5.18. The van der Waals surface area contributed by atoms with Crippen LogP contribution in [0.25, 0.3) is 11.4 Å². The molecule has 1 aromatic carbocycles. The number of hydrogen-bond acceptors (Lipinski definition) is 5. The highest BCUT2D eigenvalue weighted by atomic mass is 35.5. The summed E-state index contributed by atoms with van der Waals surface area (Å²) < 4.78 is 45.3. The summed E-state index contributed by atoms with van der Waals surface area (Å²) in [5.41, 5.74) is 5.75. The van der Waals surface area contributed by atoms with Gasteiger partial charge in [-0.2, -0.15) is 4.98 Å². The van der Waals surface area contributed by atoms with Crippen LogP contribution in [0.4, 0.5) is 13.2 Å². The molecule has 1 fully saturated rings. The fraction of sp³-hybridized carbons (Fsp3) is 0.333. The smallest absolute Gasteiger partial charge is 0.404 e. The van der Waals surface area contributed by atoms with Gasteiger partial charge in [0.1, 0.15) is 5.75 Å². The normalized spacial score (nSPS) is 16.8. The lowest BCUT2D eigenvalue weighted by atomic mass is 10.2. The molecule has 1 heterocycles. The van der Waals surface area contributed by atoms with Crippen molar-refractivity contribution >= 4 is 11.6 Å². The van der Waals surface area contributed by atoms with Gasteiger partial charge in [0.25, 0.3) is 0 Å². The Bertz CT molecular complexity index is 683. The van der Waals surface area contributed by atoms with Crippen LogP contribution in [0.15, 0.2) is 22.7 Å². The predicted octanol–water partition coefficient (Wildman–Crippen LogP) is 3.24. The molecular weight excluding hydrogens is 311 g/mol. The zero-order chi connectivity index (χ0) is 15.3. The van der Waals surface area contributed by atoms with Gasteiger partial charge >= 0.3 is 6.36 Å². The van der Waals surface area contributed by atoms with Crippen LogP contribution in [0.2, 0.25) is 5.02 Å². The molecule has 0 spiro atoms. The van der Waals surface area contributed by atoms with Gasteiger partial charge in [0, 0.05) is 5.56 Å². The lowest BCUT2D eigenvalue weighted by Crippen LogP contribution is -2.18. The molecule has 5 nitrogen and oxygen atoms in total. The first-order valence-corrected chi connectivity index (χ1v) is 6.33. The molecule has 0 bridgehead atoms. The summed E-state index contributed by atoms with van der Waals surface area (Å²) in [6.45, 7) is 0. The van der Waals surface area contributed by atoms with Crippen LogP contribution >= 0.6 is 11.6 Å². The van der Waals surface area contributed by atoms with Crippen LogP contribution in [0, 0.1) is 0 Å². The molecule has 9 heteroatoms. The van der Waals surface area contributed by atoms with Crippen LogP contribution in [-0.4, -0.2) is 16.5 Å². The number of ether oxygens (including phenoxy) is 1. The van der Waals surface area contributed by atoms with E-state index >= 15 is 0 Å². The number of alkyl halides is 3. The van der Waals surface area contributed by atoms with Gasteiger partial charge in [0.2, 0.25) is 11.7 Å². The zero-order valence-corrected chi connectivity index (χ0v) is 11.2. The molecule has 2 aromatic rings. The second-order valence-electron chi connectivity index (χ2n) is 4.77. The molecule has 0 aliphatic heterocycles. The Kier molecular flexibility index (Phi) is 3.10. The number of rotatable bonds is 3. The Labute approximate surface area is 121 Å². The topological polar surface area (TPSA) is 74.2 Å². The van der Waals surface area contributed by atoms with E-state index in [1.165, 1.54) is 12.1 Å². The van der Waals surface area contributed by atoms with E-state index in [9.17, 15) is 13.2 Å². The first kappa shape index (κ1) is 14.2. The summed E-state index contributed by atoms with van der Waals surface area (Å²) in [7, 11) is 0. The van der Waals surface area contributed by atoms with Crippen molar-refractivity contribution in [3.8, 4) is 17.1 Å². The number of benzene rings is 1. The standard InChI is InChI=1S/C12H9ClF3N3O2/c13-7-5-6(1-2-8(7)20-12(14,15)16)9-18-10(21-19-9)11(17)3-4-11/h1-2,5H,3-4,17H2. The van der Waals surface area contributed by atoms with Crippen molar-refractivity contribution in [3.63, 3.8) is 0 Å². The highest BCUT2D eigenvalue weighted by Crippen LogP contribution is 2.42. The summed E-state index contributed by atoms with van der Waals surface area (Å²) in [4.78, 5) is 4.14. The highest BCUT2D eigenvalue weighted by molar-refractivity contribution is 6.32. The van der Waals surface area contributed by atoms with E-state index in [-0.39, 0.29) is 10.8 Å². The SMILES string of the molecule is NC1(c2nc(-c3ccc(OC(F)(F)F)c(Cl)c3)no2)CC1. The van der Waals surface area contributed by atoms with E-state index < -0.39 is 17.7 Å². The van der Waals surface area contributed by atoms with E-state index in [0.29, 0.717) is 11.5 Å². The average molecular weight is 320 g/mol. The summed E-state index contributed by atoms with van der Waals surface area (Å²) in [5.74, 6) is 0.0283. The van der Waals surface area contributed by atoms with E-state index in [1.807, 2.05) is 0 Å². The van der Waals surface area contributed by atoms with Gasteiger partial charge in [0.15, 0.2) is 0 Å². The number of nitrogens with two attached hydrogens (primary N) is 1. The van der Waals surface area contributed by atoms with Crippen LogP contribution < -0.4 is 10.5 Å². The van der Waals surface area contributed by atoms with Gasteiger partial charge < -0.3 is 15.0 Å². The van der Waals surface area contributed by atoms with Crippen molar-refractivity contribution in [2.24, 2.45) is 5.73 Å². The first-order valence-electron chi connectivity index (χ1n) is 5.96. The molecule has 2 N–H and O–H groups in total. The molecule has 1 saturated carbocycles. The molecule has 0 radical (unpaired) electrons. The lowest BCUT2D eigenvalue weighted by Gasteiger charge is -2.10. The molecule has 3 rings (SSSR count). The molecule has 1 aliphatic rings. The molecule has 1 aromatic heterocycles. The van der Waals surface area contributed by atoms with Gasteiger partial charge in [-0.25, -0.2) is 0 Å². The van der Waals surface area contributed by atoms with Crippen LogP contribution in [0.3, 0.4) is 0 Å². The van der Waals surface area contributed by atoms with Crippen LogP contribution in [-0.2, 0) is 5.54 Å². The van der Waals surface area contributed by atoms with E-state index in [2.05, 4.69) is 14.9 Å². The summed E-state index contributed by atoms with van der Waals surface area (Å²) >= 11 is 5.76. The minimum absolute atomic E-state index is 0.204. The Morgan fingerprint density at radius 3 is 2.62 bits per heavy atom. The maximum Gasteiger partial charge on any atom is 0.573 e. The molecular formula is C12H9ClF3N3O2. The van der Waals surface area contributed by atoms with Gasteiger partial charge in [-0.3, -0.25) is 0 Å². The fourth-order valence-electron chi connectivity index (χ4n) is 1.74. The molecule has 1 aliphatic carbocycles. The summed E-state index contributed by atoms with van der Waals surface area (Å²) in [6, 6.07) is 3.72. The van der Waals surface area contributed by atoms with Gasteiger partial charge in [0.05, 0.1) is 10.6 Å². The Morgan fingerprint density at radius 2 is 2.05 bits per heavy atom. The predicted molar refractivity (Wildman–Crippen MR) is 66.5 cm³/mol. The minimum Gasteiger partial charge on any atom is -0.404 e. The highest BCUT2D eigenvalue weighted by Gasteiger charge is 2.45. The zero-order valence-electron chi connectivity index (χ0n) is 10.4. The van der Waals surface area contributed by atoms with Gasteiger partial charge in [-0.15, -0.1) is 13.2 Å². The third-order valence-electron chi connectivity index (χ3n) is 3.06. The quantitative estimate of drug-likeness (QED) is 0.940. The Morgan fingerprint density at radius 1 is 1.33 bits per heavy atom. The number of halogens is 4. The largest absolute Gasteiger partial charge is 0.573 e. The van der Waals surface area contributed by atoms with Crippen LogP contribution in [0.1, 0.15) is 18.7 Å². The average Bonchev–Trinajstić information content (AvgIpc) is 2.94. The van der Waals surface area contributed by atoms with Crippen molar-refractivity contribution in [2.75, 3.05) is 0 Å². The number of aromatic nitrogens is 2. The summed E-state index contributed by atoms with van der Waals surface area (Å²) in [5, 5.41) is 3.55. The molecule has 0 saturated heterocycles. The lowest BCUT2D eigenvalue weighted by molar-refractivity contribution is -0.274. The molecule has 0 unspecified atom stereocenters. The van der Waals surface area contributed by atoms with Crippen molar-refractivity contribution in [3.05, 3.63) is 29.1 Å². The number of nitrogens with zero attached hydrogens (tertiary/aromatic N) is 2. The minimum atomic E-state index is -4.80. The van der Waals surface area contributed by atoms with E-state index in [4.69, 9.17) is 21.9 Å². The molecule has 112 valence electrons. The monoisotopic (exact) mass is 319 g/mol. The van der Waals surface area contributed by atoms with Gasteiger partial charge in [-0.1, -0.05) is 16.8 Å². The second kappa shape index (κ2) is 4.60. The fourth-order valence-corrected chi connectivity index (χ4v) is 1.96. The molecule has 0 atom stereocenters. The maximum absolute atomic E-state index is 12.2. The third-order valence-corrected chi connectivity index (χ3v) is 3.35. The van der Waals surface area contributed by atoms with Gasteiger partial charge in [-0.05, 0) is 31.0 Å². The van der Waals surface area contributed by atoms with Crippen molar-refractivity contribution in [1.29, 1.82) is 0 Å². The molecule has 21 heavy (non-hydrogen) atoms. The Hall–Kier alpha value is -1.80. The van der Waals surface area contributed by atoms with Crippen molar-refractivity contribution < 1.29 is 22.4 Å². The van der Waals surface area contributed by atoms with Crippen molar-refractivity contribution in [2.45, 2.75) is 24.7 Å². The molecule has 0 amide bonds. The third kappa shape index (κ3) is 2.96. The number of hydrogen-bond donors (Lipinski definition) is 1. The summed E-state index contributed by atoms with van der Waals surface area (Å²) in [6.07, 6.45) is -3.29. The Balaban J connectivity index is 1.86. The van der Waals surface area contributed by atoms with Crippen molar-refractivity contribution in [1.82, 2.24) is 10.1 Å².